The maximum Gasteiger partial charge on any atom is 0.282 e. The van der Waals surface area contributed by atoms with Crippen LogP contribution in [0.15, 0.2) is 47.6 Å². The summed E-state index contributed by atoms with van der Waals surface area (Å²) in [6.07, 6.45) is 1.69. The fourth-order valence-corrected chi connectivity index (χ4v) is 3.17. The third-order valence-corrected chi connectivity index (χ3v) is 4.41. The fourth-order valence-electron chi connectivity index (χ4n) is 1.93. The molecule has 0 aliphatic carbocycles. The number of para-hydroxylation sites is 1. The molecule has 0 aliphatic heterocycles. The summed E-state index contributed by atoms with van der Waals surface area (Å²) in [6.45, 7) is 0. The number of aromatic amines is 1. The molecule has 2 heterocycles. The average Bonchev–Trinajstić information content (AvgIpc) is 2.76. The number of aromatic nitrogens is 2. The molecule has 0 bridgehead atoms. The molecule has 100 valence electrons. The maximum atomic E-state index is 12.2. The van der Waals surface area contributed by atoms with Crippen LogP contribution >= 0.6 is 23.6 Å². The van der Waals surface area contributed by atoms with Crippen molar-refractivity contribution in [3.8, 4) is 0 Å². The lowest BCUT2D eigenvalue weighted by Crippen LogP contribution is -2.13. The van der Waals surface area contributed by atoms with Crippen LogP contribution < -0.4 is 4.80 Å². The van der Waals surface area contributed by atoms with E-state index in [0.29, 0.717) is 15.0 Å². The minimum absolute atomic E-state index is 0.325. The first-order valence-corrected chi connectivity index (χ1v) is 7.20. The third kappa shape index (κ3) is 2.23. The van der Waals surface area contributed by atoms with Crippen LogP contribution in [0.1, 0.15) is 10.4 Å². The van der Waals surface area contributed by atoms with Crippen LogP contribution in [0.4, 0.5) is 0 Å². The van der Waals surface area contributed by atoms with Gasteiger partial charge in [0.2, 0.25) is 0 Å². The molecule has 0 saturated carbocycles. The number of amides is 1. The molecule has 3 aromatic rings. The van der Waals surface area contributed by atoms with E-state index in [2.05, 4.69) is 9.98 Å². The molecule has 0 aliphatic rings. The Morgan fingerprint density at radius 3 is 2.85 bits per heavy atom. The number of hydrogen-bond donors (Lipinski definition) is 1. The molecule has 1 aromatic carbocycles. The third-order valence-electron chi connectivity index (χ3n) is 2.96. The SMILES string of the molecule is Cn1c(=NC(=O)c2ccc[nH]c2=S)sc2ccccc21. The average molecular weight is 301 g/mol. The minimum atomic E-state index is -0.325. The van der Waals surface area contributed by atoms with Gasteiger partial charge in [0.1, 0.15) is 4.64 Å². The van der Waals surface area contributed by atoms with E-state index < -0.39 is 0 Å². The van der Waals surface area contributed by atoms with Crippen LogP contribution in [0.3, 0.4) is 0 Å². The van der Waals surface area contributed by atoms with Crippen LogP contribution in [0.25, 0.3) is 10.2 Å². The van der Waals surface area contributed by atoms with Gasteiger partial charge in [0.15, 0.2) is 4.80 Å². The highest BCUT2D eigenvalue weighted by atomic mass is 32.1. The summed E-state index contributed by atoms with van der Waals surface area (Å²) in [5.74, 6) is -0.325. The predicted octanol–water partition coefficient (Wildman–Crippen LogP) is 3.04. The molecular weight excluding hydrogens is 290 g/mol. The van der Waals surface area contributed by atoms with Gasteiger partial charge in [-0.05, 0) is 24.3 Å². The number of aryl methyl sites for hydroxylation is 1. The van der Waals surface area contributed by atoms with Gasteiger partial charge >= 0.3 is 0 Å². The van der Waals surface area contributed by atoms with E-state index in [1.807, 2.05) is 35.9 Å². The molecule has 0 unspecified atom stereocenters. The monoisotopic (exact) mass is 301 g/mol. The Morgan fingerprint density at radius 2 is 2.10 bits per heavy atom. The van der Waals surface area contributed by atoms with Crippen molar-refractivity contribution in [2.75, 3.05) is 0 Å². The maximum absolute atomic E-state index is 12.2. The normalized spacial score (nSPS) is 11.9. The fraction of sp³-hybridized carbons (Fsp3) is 0.0714. The molecule has 2 aromatic heterocycles. The zero-order valence-electron chi connectivity index (χ0n) is 10.7. The van der Waals surface area contributed by atoms with Crippen molar-refractivity contribution in [1.82, 2.24) is 9.55 Å². The Bertz CT molecular complexity index is 918. The van der Waals surface area contributed by atoms with Gasteiger partial charge in [0.25, 0.3) is 5.91 Å². The highest BCUT2D eigenvalue weighted by Crippen LogP contribution is 2.15. The lowest BCUT2D eigenvalue weighted by atomic mass is 10.3. The molecule has 0 atom stereocenters. The molecule has 4 nitrogen and oxygen atoms in total. The van der Waals surface area contributed by atoms with Crippen LogP contribution in [0.2, 0.25) is 0 Å². The zero-order chi connectivity index (χ0) is 14.1. The number of H-pyrrole nitrogens is 1. The number of pyridine rings is 1. The van der Waals surface area contributed by atoms with Crippen molar-refractivity contribution in [1.29, 1.82) is 0 Å². The van der Waals surface area contributed by atoms with Gasteiger partial charge in [-0.15, -0.1) is 0 Å². The number of rotatable bonds is 1. The van der Waals surface area contributed by atoms with E-state index in [1.165, 1.54) is 11.3 Å². The number of nitrogens with one attached hydrogen (secondary N) is 1. The second kappa shape index (κ2) is 5.15. The predicted molar refractivity (Wildman–Crippen MR) is 82.3 cm³/mol. The van der Waals surface area contributed by atoms with E-state index in [1.54, 1.807) is 18.3 Å². The number of thiazole rings is 1. The van der Waals surface area contributed by atoms with Crippen molar-refractivity contribution in [3.63, 3.8) is 0 Å². The van der Waals surface area contributed by atoms with Crippen molar-refractivity contribution in [2.24, 2.45) is 12.0 Å². The minimum Gasteiger partial charge on any atom is -0.352 e. The van der Waals surface area contributed by atoms with Gasteiger partial charge in [0, 0.05) is 13.2 Å². The lowest BCUT2D eigenvalue weighted by molar-refractivity contribution is 0.0997. The summed E-state index contributed by atoms with van der Waals surface area (Å²) in [5.41, 5.74) is 1.47. The summed E-state index contributed by atoms with van der Waals surface area (Å²) in [4.78, 5) is 19.9. The number of benzene rings is 1. The van der Waals surface area contributed by atoms with Crippen molar-refractivity contribution < 1.29 is 4.79 Å². The van der Waals surface area contributed by atoms with Crippen LogP contribution in [0, 0.1) is 4.64 Å². The van der Waals surface area contributed by atoms with Crippen molar-refractivity contribution in [2.45, 2.75) is 0 Å². The van der Waals surface area contributed by atoms with Crippen LogP contribution in [0.5, 0.6) is 0 Å². The van der Waals surface area contributed by atoms with Gasteiger partial charge in [-0.2, -0.15) is 4.99 Å². The molecule has 3 rings (SSSR count). The second-order valence-corrected chi connectivity index (χ2v) is 5.66. The highest BCUT2D eigenvalue weighted by Gasteiger charge is 2.08. The van der Waals surface area contributed by atoms with Crippen molar-refractivity contribution in [3.05, 3.63) is 57.6 Å². The van der Waals surface area contributed by atoms with Gasteiger partial charge < -0.3 is 9.55 Å². The van der Waals surface area contributed by atoms with Gasteiger partial charge in [-0.3, -0.25) is 4.79 Å². The molecule has 1 N–H and O–H groups in total. The topological polar surface area (TPSA) is 50.1 Å². The lowest BCUT2D eigenvalue weighted by Gasteiger charge is -1.96. The number of hydrogen-bond acceptors (Lipinski definition) is 3. The Labute approximate surface area is 124 Å². The first-order valence-electron chi connectivity index (χ1n) is 5.98. The highest BCUT2D eigenvalue weighted by molar-refractivity contribution is 7.71. The molecule has 1 amide bonds. The van der Waals surface area contributed by atoms with E-state index in [4.69, 9.17) is 12.2 Å². The van der Waals surface area contributed by atoms with Gasteiger partial charge in [0.05, 0.1) is 15.8 Å². The largest absolute Gasteiger partial charge is 0.352 e. The zero-order valence-corrected chi connectivity index (χ0v) is 12.3. The van der Waals surface area contributed by atoms with E-state index in [-0.39, 0.29) is 5.91 Å². The molecule has 0 saturated heterocycles. The molecule has 0 fully saturated rings. The molecule has 20 heavy (non-hydrogen) atoms. The summed E-state index contributed by atoms with van der Waals surface area (Å²) in [6, 6.07) is 11.4. The van der Waals surface area contributed by atoms with Crippen LogP contribution in [-0.4, -0.2) is 15.5 Å². The number of carbonyl (C=O) groups excluding carboxylic acids is 1. The van der Waals surface area contributed by atoms with Gasteiger partial charge in [-0.1, -0.05) is 35.7 Å². The molecule has 0 radical (unpaired) electrons. The summed E-state index contributed by atoms with van der Waals surface area (Å²) >= 11 is 6.59. The number of nitrogens with zero attached hydrogens (tertiary/aromatic N) is 2. The standard InChI is InChI=1S/C14H11N3OS2/c1-17-10-6-2-3-7-11(10)20-14(17)16-12(18)9-5-4-8-15-13(9)19/h2-8H,1H3,(H,15,19). The Morgan fingerprint density at radius 1 is 1.30 bits per heavy atom. The quantitative estimate of drug-likeness (QED) is 0.702. The Hall–Kier alpha value is -2.05. The first kappa shape index (κ1) is 13.0. The second-order valence-electron chi connectivity index (χ2n) is 4.24. The van der Waals surface area contributed by atoms with E-state index >= 15 is 0 Å². The summed E-state index contributed by atoms with van der Waals surface area (Å²) < 4.78 is 3.41. The van der Waals surface area contributed by atoms with E-state index in [0.717, 1.165) is 10.2 Å². The number of fused-ring (bicyclic) bond motifs is 1. The van der Waals surface area contributed by atoms with Gasteiger partial charge in [-0.25, -0.2) is 0 Å². The smallest absolute Gasteiger partial charge is 0.282 e. The Balaban J connectivity index is 2.16. The summed E-state index contributed by atoms with van der Waals surface area (Å²) in [7, 11) is 1.90. The number of carbonyl (C=O) groups is 1. The van der Waals surface area contributed by atoms with Crippen LogP contribution in [-0.2, 0) is 7.05 Å². The van der Waals surface area contributed by atoms with E-state index in [9.17, 15) is 4.79 Å². The Kier molecular flexibility index (Phi) is 3.33. The first-order chi connectivity index (χ1) is 9.66. The molecular formula is C14H11N3OS2. The van der Waals surface area contributed by atoms with Crippen molar-refractivity contribution >= 4 is 39.7 Å². The summed E-state index contributed by atoms with van der Waals surface area (Å²) in [5, 5.41) is 0. The molecule has 6 heteroatoms. The molecule has 0 spiro atoms.